The van der Waals surface area contributed by atoms with Crippen LogP contribution in [0, 0.1) is 0 Å². The summed E-state index contributed by atoms with van der Waals surface area (Å²) in [6, 6.07) is 17.7. The van der Waals surface area contributed by atoms with Crippen molar-refractivity contribution in [3.8, 4) is 11.3 Å². The number of aromatic nitrogens is 4. The number of benzene rings is 2. The third-order valence-electron chi connectivity index (χ3n) is 5.60. The van der Waals surface area contributed by atoms with Crippen LogP contribution in [0.5, 0.6) is 0 Å². The van der Waals surface area contributed by atoms with Gasteiger partial charge in [-0.25, -0.2) is 9.97 Å². The zero-order valence-electron chi connectivity index (χ0n) is 17.3. The molecule has 2 aromatic heterocycles. The van der Waals surface area contributed by atoms with Gasteiger partial charge in [-0.05, 0) is 37.5 Å². The molecular formula is C24H24N4O2S. The third-order valence-corrected chi connectivity index (χ3v) is 6.71. The molecule has 4 aromatic rings. The highest BCUT2D eigenvalue weighted by Gasteiger charge is 2.23. The lowest BCUT2D eigenvalue weighted by molar-refractivity contribution is 0.0953. The second-order valence-electron chi connectivity index (χ2n) is 7.77. The molecule has 1 N–H and O–H groups in total. The molecule has 0 spiro atoms. The summed E-state index contributed by atoms with van der Waals surface area (Å²) in [6.45, 7) is 3.63. The molecule has 6 nitrogen and oxygen atoms in total. The second-order valence-corrected chi connectivity index (χ2v) is 9.07. The Morgan fingerprint density at radius 2 is 2.00 bits per heavy atom. The number of para-hydroxylation sites is 1. The van der Waals surface area contributed by atoms with E-state index >= 15 is 0 Å². The molecule has 0 radical (unpaired) electrons. The summed E-state index contributed by atoms with van der Waals surface area (Å²) in [5.41, 5.74) is 2.80. The number of nitrogens with zero attached hydrogens (tertiary/aromatic N) is 3. The minimum Gasteiger partial charge on any atom is -0.376 e. The van der Waals surface area contributed by atoms with E-state index in [4.69, 9.17) is 14.7 Å². The highest BCUT2D eigenvalue weighted by molar-refractivity contribution is 7.99. The average Bonchev–Trinajstić information content (AvgIpc) is 3.45. The van der Waals surface area contributed by atoms with Crippen molar-refractivity contribution in [3.63, 3.8) is 0 Å². The Morgan fingerprint density at radius 1 is 1.19 bits per heavy atom. The molecule has 1 saturated heterocycles. The van der Waals surface area contributed by atoms with Gasteiger partial charge in [-0.2, -0.15) is 0 Å². The summed E-state index contributed by atoms with van der Waals surface area (Å²) < 4.78 is 8.15. The van der Waals surface area contributed by atoms with Crippen LogP contribution < -0.4 is 5.56 Å². The van der Waals surface area contributed by atoms with Gasteiger partial charge in [-0.1, -0.05) is 54.2 Å². The molecule has 2 aromatic carbocycles. The van der Waals surface area contributed by atoms with E-state index in [9.17, 15) is 4.79 Å². The van der Waals surface area contributed by atoms with Gasteiger partial charge in [-0.15, -0.1) is 0 Å². The van der Waals surface area contributed by atoms with E-state index in [0.29, 0.717) is 16.7 Å². The minimum atomic E-state index is -0.110. The molecule has 1 aliphatic rings. The molecule has 5 rings (SSSR count). The number of ether oxygens (including phenoxy) is 1. The molecule has 3 heterocycles. The Labute approximate surface area is 184 Å². The summed E-state index contributed by atoms with van der Waals surface area (Å²) in [5, 5.41) is 1.44. The molecule has 0 bridgehead atoms. The lowest BCUT2D eigenvalue weighted by atomic mass is 10.1. The zero-order valence-corrected chi connectivity index (χ0v) is 18.1. The number of nitrogens with one attached hydrogen (secondary N) is 1. The van der Waals surface area contributed by atoms with Gasteiger partial charge in [0.25, 0.3) is 5.56 Å². The first-order valence-corrected chi connectivity index (χ1v) is 11.4. The molecule has 158 valence electrons. The van der Waals surface area contributed by atoms with Crippen LogP contribution in [0.3, 0.4) is 0 Å². The van der Waals surface area contributed by atoms with Crippen LogP contribution in [-0.2, 0) is 11.3 Å². The third kappa shape index (κ3) is 4.16. The van der Waals surface area contributed by atoms with E-state index in [1.807, 2.05) is 49.5 Å². The van der Waals surface area contributed by atoms with Crippen molar-refractivity contribution in [2.75, 3.05) is 6.61 Å². The maximum atomic E-state index is 12.5. The van der Waals surface area contributed by atoms with E-state index in [0.717, 1.165) is 42.4 Å². The van der Waals surface area contributed by atoms with Crippen LogP contribution in [-0.4, -0.2) is 32.2 Å². The predicted molar refractivity (Wildman–Crippen MR) is 123 cm³/mol. The van der Waals surface area contributed by atoms with Gasteiger partial charge in [0.2, 0.25) is 0 Å². The number of H-pyrrole nitrogens is 1. The first-order valence-electron chi connectivity index (χ1n) is 10.6. The van der Waals surface area contributed by atoms with Gasteiger partial charge < -0.3 is 14.3 Å². The van der Waals surface area contributed by atoms with Gasteiger partial charge in [0.15, 0.2) is 5.16 Å². The van der Waals surface area contributed by atoms with Crippen LogP contribution in [0.25, 0.3) is 22.2 Å². The number of fused-ring (bicyclic) bond motifs is 1. The molecular weight excluding hydrogens is 408 g/mol. The van der Waals surface area contributed by atoms with E-state index < -0.39 is 0 Å². The van der Waals surface area contributed by atoms with E-state index in [2.05, 4.69) is 21.7 Å². The standard InChI is InChI=1S/C24H24N4O2S/c1-16(22-26-20-12-6-5-11-19(20)23(29)27-22)31-24-25-14-21(17-8-3-2-4-9-17)28(24)15-18-10-7-13-30-18/h2-6,8-9,11-12,14,16,18H,7,10,13,15H2,1H3,(H,26,27,29)/t16-,18+/m0/s1. The van der Waals surface area contributed by atoms with Gasteiger partial charge >= 0.3 is 0 Å². The molecule has 0 amide bonds. The predicted octanol–water partition coefficient (Wildman–Crippen LogP) is 4.82. The molecule has 0 saturated carbocycles. The summed E-state index contributed by atoms with van der Waals surface area (Å²) in [5.74, 6) is 0.654. The van der Waals surface area contributed by atoms with Crippen molar-refractivity contribution in [2.45, 2.75) is 42.8 Å². The second kappa shape index (κ2) is 8.69. The van der Waals surface area contributed by atoms with E-state index in [1.165, 1.54) is 0 Å². The Morgan fingerprint density at radius 3 is 2.81 bits per heavy atom. The molecule has 31 heavy (non-hydrogen) atoms. The fraction of sp³-hybridized carbons (Fsp3) is 0.292. The summed E-state index contributed by atoms with van der Waals surface area (Å²) >= 11 is 1.60. The number of hydrogen-bond acceptors (Lipinski definition) is 5. The lowest BCUT2D eigenvalue weighted by Crippen LogP contribution is -2.17. The minimum absolute atomic E-state index is 0.0634. The monoisotopic (exact) mass is 432 g/mol. The lowest BCUT2D eigenvalue weighted by Gasteiger charge is -2.17. The van der Waals surface area contributed by atoms with Crippen LogP contribution >= 0.6 is 11.8 Å². The van der Waals surface area contributed by atoms with Gasteiger partial charge in [0, 0.05) is 6.61 Å². The van der Waals surface area contributed by atoms with Gasteiger partial charge in [0.1, 0.15) is 5.82 Å². The summed E-state index contributed by atoms with van der Waals surface area (Å²) in [6.07, 6.45) is 4.28. The Hall–Kier alpha value is -2.90. The molecule has 0 aliphatic carbocycles. The first kappa shape index (κ1) is 20.0. The van der Waals surface area contributed by atoms with Crippen molar-refractivity contribution < 1.29 is 4.74 Å². The number of hydrogen-bond donors (Lipinski definition) is 1. The molecule has 7 heteroatoms. The van der Waals surface area contributed by atoms with Crippen molar-refractivity contribution >= 4 is 22.7 Å². The van der Waals surface area contributed by atoms with Crippen LogP contribution in [0.1, 0.15) is 30.8 Å². The average molecular weight is 433 g/mol. The number of thioether (sulfide) groups is 1. The smallest absolute Gasteiger partial charge is 0.258 e. The first-order chi connectivity index (χ1) is 15.2. The van der Waals surface area contributed by atoms with E-state index in [1.54, 1.807) is 17.8 Å². The summed E-state index contributed by atoms with van der Waals surface area (Å²) in [7, 11) is 0. The highest BCUT2D eigenvalue weighted by atomic mass is 32.2. The van der Waals surface area contributed by atoms with Crippen molar-refractivity contribution in [3.05, 3.63) is 77.0 Å². The quantitative estimate of drug-likeness (QED) is 0.442. The van der Waals surface area contributed by atoms with Crippen LogP contribution in [0.2, 0.25) is 0 Å². The zero-order chi connectivity index (χ0) is 21.2. The number of rotatable bonds is 6. The van der Waals surface area contributed by atoms with Crippen LogP contribution in [0.15, 0.2) is 70.7 Å². The van der Waals surface area contributed by atoms with Crippen molar-refractivity contribution in [1.29, 1.82) is 0 Å². The highest BCUT2D eigenvalue weighted by Crippen LogP contribution is 2.35. The fourth-order valence-electron chi connectivity index (χ4n) is 3.97. The van der Waals surface area contributed by atoms with Crippen molar-refractivity contribution in [1.82, 2.24) is 19.5 Å². The number of aromatic amines is 1. The fourth-order valence-corrected chi connectivity index (χ4v) is 4.92. The molecule has 1 fully saturated rings. The maximum absolute atomic E-state index is 12.5. The normalized spacial score (nSPS) is 17.3. The Balaban J connectivity index is 1.48. The van der Waals surface area contributed by atoms with E-state index in [-0.39, 0.29) is 16.9 Å². The topological polar surface area (TPSA) is 72.8 Å². The van der Waals surface area contributed by atoms with Gasteiger partial charge in [0.05, 0.1) is 40.7 Å². The summed E-state index contributed by atoms with van der Waals surface area (Å²) in [4.78, 5) is 24.9. The largest absolute Gasteiger partial charge is 0.376 e. The van der Waals surface area contributed by atoms with Gasteiger partial charge in [-0.3, -0.25) is 4.79 Å². The SMILES string of the molecule is C[C@H](Sc1ncc(-c2ccccc2)n1C[C@H]1CCCO1)c1nc2ccccc2c(=O)[nH]1. The Bertz CT molecular complexity index is 1250. The van der Waals surface area contributed by atoms with Crippen LogP contribution in [0.4, 0.5) is 0 Å². The molecule has 0 unspecified atom stereocenters. The molecule has 2 atom stereocenters. The molecule has 1 aliphatic heterocycles. The Kier molecular flexibility index (Phi) is 5.61. The number of imidazole rings is 1. The maximum Gasteiger partial charge on any atom is 0.258 e. The van der Waals surface area contributed by atoms with Crippen molar-refractivity contribution in [2.24, 2.45) is 0 Å².